The van der Waals surface area contributed by atoms with Crippen LogP contribution in [0.5, 0.6) is 0 Å². The van der Waals surface area contributed by atoms with E-state index in [2.05, 4.69) is 20.6 Å². The molecule has 0 bridgehead atoms. The van der Waals surface area contributed by atoms with Gasteiger partial charge in [0.15, 0.2) is 5.72 Å². The zero-order valence-electron chi connectivity index (χ0n) is 12.2. The summed E-state index contributed by atoms with van der Waals surface area (Å²) in [7, 11) is 0. The van der Waals surface area contributed by atoms with Crippen LogP contribution in [0, 0.1) is 0 Å². The van der Waals surface area contributed by atoms with Crippen LogP contribution in [0.2, 0.25) is 0 Å². The average Bonchev–Trinajstić information content (AvgIpc) is 3.05. The van der Waals surface area contributed by atoms with Gasteiger partial charge in [-0.2, -0.15) is 0 Å². The minimum absolute atomic E-state index is 0.0810. The van der Waals surface area contributed by atoms with Crippen molar-refractivity contribution in [1.29, 1.82) is 0 Å². The normalized spacial score (nSPS) is 19.1. The number of carbonyl (C=O) groups excluding carboxylic acids is 1. The molecule has 1 atom stereocenters. The average molecular weight is 324 g/mol. The minimum atomic E-state index is -1.65. The number of aromatic amines is 1. The lowest BCUT2D eigenvalue weighted by atomic mass is 9.94. The Kier molecular flexibility index (Phi) is 2.84. The number of benzene rings is 2. The highest BCUT2D eigenvalue weighted by molar-refractivity contribution is 6.00. The van der Waals surface area contributed by atoms with E-state index in [-0.39, 0.29) is 11.9 Å². The van der Waals surface area contributed by atoms with Gasteiger partial charge in [0.1, 0.15) is 0 Å². The number of carboxylic acid groups (broad SMARTS) is 1. The molecule has 1 aliphatic heterocycles. The topological polar surface area (TPSA) is 127 Å². The van der Waals surface area contributed by atoms with Crippen molar-refractivity contribution in [3.8, 4) is 0 Å². The van der Waals surface area contributed by atoms with E-state index in [1.807, 2.05) is 0 Å². The van der Waals surface area contributed by atoms with Crippen molar-refractivity contribution in [2.75, 3.05) is 5.32 Å². The number of aromatic nitrogens is 2. The van der Waals surface area contributed by atoms with Crippen LogP contribution in [-0.2, 0) is 5.72 Å². The summed E-state index contributed by atoms with van der Waals surface area (Å²) in [6, 6.07) is 11.7. The van der Waals surface area contributed by atoms with Crippen LogP contribution in [-0.4, -0.2) is 32.2 Å². The first kappa shape index (κ1) is 14.2. The highest BCUT2D eigenvalue weighted by Crippen LogP contribution is 2.35. The first-order valence-electron chi connectivity index (χ1n) is 7.12. The quantitative estimate of drug-likeness (QED) is 0.489. The molecule has 1 aliphatic rings. The molecular formula is C16H12N4O4. The van der Waals surface area contributed by atoms with E-state index < -0.39 is 11.8 Å². The van der Waals surface area contributed by atoms with Crippen molar-refractivity contribution < 1.29 is 19.8 Å². The molecule has 120 valence electrons. The zero-order chi connectivity index (χ0) is 16.9. The number of hydrogen-bond acceptors (Lipinski definition) is 4. The van der Waals surface area contributed by atoms with E-state index in [1.165, 1.54) is 0 Å². The summed E-state index contributed by atoms with van der Waals surface area (Å²) in [5.74, 6) is -0.275. The van der Waals surface area contributed by atoms with Crippen molar-refractivity contribution in [1.82, 2.24) is 15.3 Å². The summed E-state index contributed by atoms with van der Waals surface area (Å²) in [5.41, 5.74) is 0.745. The molecule has 8 heteroatoms. The third kappa shape index (κ3) is 2.01. The van der Waals surface area contributed by atoms with Gasteiger partial charge in [-0.15, -0.1) is 0 Å². The zero-order valence-corrected chi connectivity index (χ0v) is 12.2. The molecule has 4 rings (SSSR count). The number of carbonyl (C=O) groups is 2. The summed E-state index contributed by atoms with van der Waals surface area (Å²) >= 11 is 0. The maximum Gasteiger partial charge on any atom is 0.411 e. The van der Waals surface area contributed by atoms with Gasteiger partial charge in [-0.3, -0.25) is 10.1 Å². The van der Waals surface area contributed by atoms with Gasteiger partial charge in [0, 0.05) is 16.7 Å². The maximum atomic E-state index is 12.1. The lowest BCUT2D eigenvalue weighted by Gasteiger charge is -2.24. The maximum absolute atomic E-state index is 12.1. The summed E-state index contributed by atoms with van der Waals surface area (Å²) in [4.78, 5) is 29.7. The molecule has 1 aromatic heterocycles. The minimum Gasteiger partial charge on any atom is -0.465 e. The number of nitrogens with zero attached hydrogens (tertiary/aromatic N) is 1. The van der Waals surface area contributed by atoms with Gasteiger partial charge in [-0.1, -0.05) is 24.3 Å². The standard InChI is InChI=1S/C16H12N4O4/c21-13-9-3-1-2-4-10(9)16(24,20-13)8-5-6-11-12(7-8)18-14(17-11)19-15(22)23/h1-7,24H,(H,20,21)(H,22,23)(H2,17,18,19). The van der Waals surface area contributed by atoms with Gasteiger partial charge in [0.25, 0.3) is 5.91 Å². The Balaban J connectivity index is 1.82. The fourth-order valence-corrected chi connectivity index (χ4v) is 2.92. The lowest BCUT2D eigenvalue weighted by molar-refractivity contribution is 0.0477. The Labute approximate surface area is 135 Å². The van der Waals surface area contributed by atoms with Crippen LogP contribution in [0.3, 0.4) is 0 Å². The number of rotatable bonds is 2. The largest absolute Gasteiger partial charge is 0.465 e. The highest BCUT2D eigenvalue weighted by Gasteiger charge is 2.42. The second-order valence-electron chi connectivity index (χ2n) is 5.46. The van der Waals surface area contributed by atoms with Crippen molar-refractivity contribution in [3.63, 3.8) is 0 Å². The van der Waals surface area contributed by atoms with Crippen LogP contribution in [0.4, 0.5) is 10.7 Å². The van der Waals surface area contributed by atoms with Gasteiger partial charge in [0.05, 0.1) is 11.0 Å². The molecule has 2 aromatic carbocycles. The van der Waals surface area contributed by atoms with Crippen LogP contribution in [0.15, 0.2) is 42.5 Å². The molecule has 0 radical (unpaired) electrons. The summed E-state index contributed by atoms with van der Waals surface area (Å²) in [6.45, 7) is 0. The molecule has 0 aliphatic carbocycles. The third-order valence-electron chi connectivity index (χ3n) is 3.98. The number of imidazole rings is 1. The number of anilines is 1. The molecule has 5 N–H and O–H groups in total. The smallest absolute Gasteiger partial charge is 0.411 e. The molecule has 0 spiro atoms. The van der Waals surface area contributed by atoms with E-state index in [0.717, 1.165) is 0 Å². The molecule has 24 heavy (non-hydrogen) atoms. The number of H-pyrrole nitrogens is 1. The molecule has 2 amide bonds. The van der Waals surface area contributed by atoms with Gasteiger partial charge in [-0.25, -0.2) is 9.78 Å². The monoisotopic (exact) mass is 324 g/mol. The van der Waals surface area contributed by atoms with E-state index in [4.69, 9.17) is 5.11 Å². The number of hydrogen-bond donors (Lipinski definition) is 5. The van der Waals surface area contributed by atoms with Gasteiger partial charge in [0.2, 0.25) is 5.95 Å². The number of amides is 2. The molecule has 2 heterocycles. The first-order valence-corrected chi connectivity index (χ1v) is 7.12. The van der Waals surface area contributed by atoms with Gasteiger partial charge in [-0.05, 0) is 18.2 Å². The molecule has 8 nitrogen and oxygen atoms in total. The van der Waals surface area contributed by atoms with Gasteiger partial charge >= 0.3 is 6.09 Å². The Morgan fingerprint density at radius 2 is 2.00 bits per heavy atom. The van der Waals surface area contributed by atoms with Crippen molar-refractivity contribution in [2.45, 2.75) is 5.72 Å². The predicted molar refractivity (Wildman–Crippen MR) is 84.6 cm³/mol. The van der Waals surface area contributed by atoms with E-state index in [9.17, 15) is 14.7 Å². The molecular weight excluding hydrogens is 312 g/mol. The summed E-state index contributed by atoms with van der Waals surface area (Å²) < 4.78 is 0. The summed E-state index contributed by atoms with van der Waals surface area (Å²) in [6.07, 6.45) is -1.23. The first-order chi connectivity index (χ1) is 11.5. The number of nitrogens with one attached hydrogen (secondary N) is 3. The van der Waals surface area contributed by atoms with Crippen molar-refractivity contribution in [3.05, 3.63) is 59.2 Å². The molecule has 0 fully saturated rings. The molecule has 0 saturated carbocycles. The Morgan fingerprint density at radius 1 is 1.21 bits per heavy atom. The van der Waals surface area contributed by atoms with Crippen LogP contribution in [0.25, 0.3) is 11.0 Å². The van der Waals surface area contributed by atoms with Gasteiger partial charge < -0.3 is 20.5 Å². The highest BCUT2D eigenvalue weighted by atomic mass is 16.4. The van der Waals surface area contributed by atoms with Crippen LogP contribution >= 0.6 is 0 Å². The fraction of sp³-hybridized carbons (Fsp3) is 0.0625. The molecule has 1 unspecified atom stereocenters. The van der Waals surface area contributed by atoms with Crippen molar-refractivity contribution >= 4 is 29.0 Å². The van der Waals surface area contributed by atoms with Crippen molar-refractivity contribution in [2.24, 2.45) is 0 Å². The number of fused-ring (bicyclic) bond motifs is 2. The number of aliphatic hydroxyl groups is 1. The Morgan fingerprint density at radius 3 is 2.79 bits per heavy atom. The van der Waals surface area contributed by atoms with E-state index in [1.54, 1.807) is 42.5 Å². The van der Waals surface area contributed by atoms with Crippen LogP contribution in [0.1, 0.15) is 21.5 Å². The van der Waals surface area contributed by atoms with E-state index in [0.29, 0.717) is 27.7 Å². The molecule has 3 aromatic rings. The predicted octanol–water partition coefficient (Wildman–Crippen LogP) is 1.59. The Bertz CT molecular complexity index is 997. The second-order valence-corrected chi connectivity index (χ2v) is 5.46. The lowest BCUT2D eigenvalue weighted by Crippen LogP contribution is -2.40. The van der Waals surface area contributed by atoms with Crippen LogP contribution < -0.4 is 10.6 Å². The third-order valence-corrected chi connectivity index (χ3v) is 3.98. The second kappa shape index (κ2) is 4.80. The molecule has 0 saturated heterocycles. The SMILES string of the molecule is O=C(O)Nc1nc2ccc(C3(O)NC(=O)c4ccccc43)cc2[nH]1. The Hall–Kier alpha value is -3.39. The van der Waals surface area contributed by atoms with E-state index >= 15 is 0 Å². The summed E-state index contributed by atoms with van der Waals surface area (Å²) in [5, 5.41) is 24.5. The fourth-order valence-electron chi connectivity index (χ4n) is 2.92.